The molecule has 1 aliphatic heterocycles. The van der Waals surface area contributed by atoms with Gasteiger partial charge in [-0.05, 0) is 24.3 Å². The first-order chi connectivity index (χ1) is 9.86. The molecule has 0 amide bonds. The Morgan fingerprint density at radius 1 is 1.00 bits per heavy atom. The highest BCUT2D eigenvalue weighted by atomic mass is 16.5. The molecule has 2 aromatic rings. The minimum Gasteiger partial charge on any atom is -0.490 e. The van der Waals surface area contributed by atoms with Gasteiger partial charge in [-0.25, -0.2) is 0 Å². The first-order valence-electron chi connectivity index (χ1n) is 6.52. The van der Waals surface area contributed by atoms with Gasteiger partial charge in [0.2, 0.25) is 0 Å². The average Bonchev–Trinajstić information content (AvgIpc) is 2.72. The molecule has 100 valence electrons. The zero-order valence-corrected chi connectivity index (χ0v) is 10.9. The van der Waals surface area contributed by atoms with Crippen LogP contribution >= 0.6 is 0 Å². The molecule has 1 aliphatic rings. The zero-order chi connectivity index (χ0) is 13.8. The summed E-state index contributed by atoms with van der Waals surface area (Å²) in [6.45, 7) is 1.34. The van der Waals surface area contributed by atoms with E-state index in [0.29, 0.717) is 18.8 Å². The molecule has 0 radical (unpaired) electrons. The Bertz CT molecular complexity index is 662. The predicted octanol–water partition coefficient (Wildman–Crippen LogP) is 3.46. The second kappa shape index (κ2) is 5.54. The minimum absolute atomic E-state index is 0.611. The summed E-state index contributed by atoms with van der Waals surface area (Å²) in [6.07, 6.45) is 0.884. The Balaban J connectivity index is 1.88. The van der Waals surface area contributed by atoms with Crippen molar-refractivity contribution >= 4 is 11.4 Å². The monoisotopic (exact) mass is 266 g/mol. The third-order valence-corrected chi connectivity index (χ3v) is 3.07. The number of para-hydroxylation sites is 1. The Morgan fingerprint density at radius 2 is 1.80 bits per heavy atom. The number of nitrogens with one attached hydrogen (secondary N) is 1. The number of hydrogen-bond donors (Lipinski definition) is 1. The van der Waals surface area contributed by atoms with E-state index in [4.69, 9.17) is 14.7 Å². The molecule has 3 rings (SSSR count). The third kappa shape index (κ3) is 2.52. The molecule has 1 N–H and O–H groups in total. The number of ether oxygens (including phenoxy) is 2. The van der Waals surface area contributed by atoms with Crippen LogP contribution in [0, 0.1) is 11.3 Å². The van der Waals surface area contributed by atoms with E-state index in [1.54, 1.807) is 6.07 Å². The largest absolute Gasteiger partial charge is 0.490 e. The number of rotatable bonds is 2. The third-order valence-electron chi connectivity index (χ3n) is 3.07. The lowest BCUT2D eigenvalue weighted by Gasteiger charge is -2.11. The van der Waals surface area contributed by atoms with Gasteiger partial charge in [0.25, 0.3) is 0 Å². The highest BCUT2D eigenvalue weighted by molar-refractivity contribution is 5.68. The maximum Gasteiger partial charge on any atom is 0.163 e. The fraction of sp³-hybridized carbons (Fsp3) is 0.188. The quantitative estimate of drug-likeness (QED) is 0.904. The van der Waals surface area contributed by atoms with Crippen molar-refractivity contribution < 1.29 is 9.47 Å². The molecule has 0 bridgehead atoms. The molecule has 0 aromatic heterocycles. The van der Waals surface area contributed by atoms with E-state index in [1.807, 2.05) is 36.4 Å². The molecule has 1 heterocycles. The van der Waals surface area contributed by atoms with Crippen LogP contribution in [0.25, 0.3) is 0 Å². The van der Waals surface area contributed by atoms with E-state index in [1.165, 1.54) is 0 Å². The van der Waals surface area contributed by atoms with Crippen LogP contribution in [0.1, 0.15) is 12.0 Å². The van der Waals surface area contributed by atoms with Gasteiger partial charge in [-0.1, -0.05) is 12.1 Å². The summed E-state index contributed by atoms with van der Waals surface area (Å²) >= 11 is 0. The van der Waals surface area contributed by atoms with E-state index in [-0.39, 0.29) is 0 Å². The second-order valence-corrected chi connectivity index (χ2v) is 4.49. The molecule has 20 heavy (non-hydrogen) atoms. The number of hydrogen-bond acceptors (Lipinski definition) is 4. The summed E-state index contributed by atoms with van der Waals surface area (Å²) in [5.41, 5.74) is 2.26. The smallest absolute Gasteiger partial charge is 0.163 e. The van der Waals surface area contributed by atoms with E-state index < -0.39 is 0 Å². The van der Waals surface area contributed by atoms with E-state index >= 15 is 0 Å². The number of anilines is 2. The van der Waals surface area contributed by atoms with Crippen molar-refractivity contribution in [1.82, 2.24) is 0 Å². The first-order valence-corrected chi connectivity index (χ1v) is 6.52. The van der Waals surface area contributed by atoms with Crippen molar-refractivity contribution in [3.8, 4) is 17.6 Å². The van der Waals surface area contributed by atoms with Crippen LogP contribution in [0.5, 0.6) is 11.5 Å². The minimum atomic E-state index is 0.611. The highest BCUT2D eigenvalue weighted by Crippen LogP contribution is 2.33. The van der Waals surface area contributed by atoms with Crippen LogP contribution in [-0.4, -0.2) is 13.2 Å². The number of nitrogens with zero attached hydrogens (tertiary/aromatic N) is 1. The van der Waals surface area contributed by atoms with Crippen LogP contribution in [0.3, 0.4) is 0 Å². The summed E-state index contributed by atoms with van der Waals surface area (Å²) in [7, 11) is 0. The number of benzene rings is 2. The summed E-state index contributed by atoms with van der Waals surface area (Å²) in [5.74, 6) is 1.50. The van der Waals surface area contributed by atoms with Crippen LogP contribution in [-0.2, 0) is 0 Å². The van der Waals surface area contributed by atoms with Crippen molar-refractivity contribution in [1.29, 1.82) is 5.26 Å². The van der Waals surface area contributed by atoms with Gasteiger partial charge in [-0.3, -0.25) is 0 Å². The van der Waals surface area contributed by atoms with Gasteiger partial charge in [0.1, 0.15) is 6.07 Å². The van der Waals surface area contributed by atoms with E-state index in [2.05, 4.69) is 11.4 Å². The van der Waals surface area contributed by atoms with Gasteiger partial charge < -0.3 is 14.8 Å². The first kappa shape index (κ1) is 12.4. The Labute approximate surface area is 117 Å². The lowest BCUT2D eigenvalue weighted by molar-refractivity contribution is 0.297. The Hall–Kier alpha value is -2.67. The molecule has 4 nitrogen and oxygen atoms in total. The summed E-state index contributed by atoms with van der Waals surface area (Å²) < 4.78 is 11.2. The maximum atomic E-state index is 9.09. The van der Waals surface area contributed by atoms with E-state index in [9.17, 15) is 0 Å². The molecular weight excluding hydrogens is 252 g/mol. The summed E-state index contributed by atoms with van der Waals surface area (Å²) in [6, 6.07) is 15.3. The number of nitriles is 1. The second-order valence-electron chi connectivity index (χ2n) is 4.49. The highest BCUT2D eigenvalue weighted by Gasteiger charge is 2.11. The molecule has 0 fully saturated rings. The van der Waals surface area contributed by atoms with Crippen molar-refractivity contribution in [2.24, 2.45) is 0 Å². The predicted molar refractivity (Wildman–Crippen MR) is 76.5 cm³/mol. The molecule has 0 aliphatic carbocycles. The van der Waals surface area contributed by atoms with E-state index in [0.717, 1.165) is 29.3 Å². The molecule has 0 unspecified atom stereocenters. The molecule has 4 heteroatoms. The van der Waals surface area contributed by atoms with Crippen LogP contribution in [0.4, 0.5) is 11.4 Å². The van der Waals surface area contributed by atoms with Gasteiger partial charge in [0.05, 0.1) is 24.5 Å². The standard InChI is InChI=1S/C16H14N2O2/c17-11-12-4-1-2-5-14(12)18-13-6-7-15-16(10-13)20-9-3-8-19-15/h1-2,4-7,10,18H,3,8-9H2. The molecule has 0 spiro atoms. The van der Waals surface area contributed by atoms with Gasteiger partial charge in [0.15, 0.2) is 11.5 Å². The van der Waals surface area contributed by atoms with Crippen molar-refractivity contribution in [2.75, 3.05) is 18.5 Å². The molecule has 0 atom stereocenters. The van der Waals surface area contributed by atoms with Gasteiger partial charge in [0, 0.05) is 18.2 Å². The SMILES string of the molecule is N#Cc1ccccc1Nc1ccc2c(c1)OCCCO2. The van der Waals surface area contributed by atoms with Crippen LogP contribution in [0.15, 0.2) is 42.5 Å². The normalized spacial score (nSPS) is 13.2. The molecule has 2 aromatic carbocycles. The molecule has 0 saturated carbocycles. The Morgan fingerprint density at radius 3 is 2.65 bits per heavy atom. The molecular formula is C16H14N2O2. The lowest BCUT2D eigenvalue weighted by atomic mass is 10.2. The summed E-state index contributed by atoms with van der Waals surface area (Å²) in [4.78, 5) is 0. The Kier molecular flexibility index (Phi) is 3.42. The zero-order valence-electron chi connectivity index (χ0n) is 10.9. The van der Waals surface area contributed by atoms with Crippen LogP contribution in [0.2, 0.25) is 0 Å². The fourth-order valence-corrected chi connectivity index (χ4v) is 2.09. The topological polar surface area (TPSA) is 54.3 Å². The lowest BCUT2D eigenvalue weighted by Crippen LogP contribution is -1.97. The van der Waals surface area contributed by atoms with Gasteiger partial charge in [-0.2, -0.15) is 5.26 Å². The van der Waals surface area contributed by atoms with Crippen LogP contribution < -0.4 is 14.8 Å². The number of fused-ring (bicyclic) bond motifs is 1. The van der Waals surface area contributed by atoms with Crippen molar-refractivity contribution in [3.63, 3.8) is 0 Å². The molecule has 0 saturated heterocycles. The van der Waals surface area contributed by atoms with Gasteiger partial charge >= 0.3 is 0 Å². The van der Waals surface area contributed by atoms with Crippen molar-refractivity contribution in [2.45, 2.75) is 6.42 Å². The fourth-order valence-electron chi connectivity index (χ4n) is 2.09. The summed E-state index contributed by atoms with van der Waals surface area (Å²) in [5, 5.41) is 12.3. The van der Waals surface area contributed by atoms with Gasteiger partial charge in [-0.15, -0.1) is 0 Å². The van der Waals surface area contributed by atoms with Crippen molar-refractivity contribution in [3.05, 3.63) is 48.0 Å². The maximum absolute atomic E-state index is 9.09. The average molecular weight is 266 g/mol.